The molecule has 1 unspecified atom stereocenters. The summed E-state index contributed by atoms with van der Waals surface area (Å²) in [7, 11) is 0. The van der Waals surface area contributed by atoms with E-state index >= 15 is 0 Å². The van der Waals surface area contributed by atoms with Crippen molar-refractivity contribution < 1.29 is 27.5 Å². The Balaban J connectivity index is 1.51. The van der Waals surface area contributed by atoms with Gasteiger partial charge in [-0.3, -0.25) is 0 Å². The fourth-order valence-corrected chi connectivity index (χ4v) is 6.05. The first-order chi connectivity index (χ1) is 20.6. The van der Waals surface area contributed by atoms with Crippen LogP contribution >= 0.6 is 0 Å². The lowest BCUT2D eigenvalue weighted by atomic mass is 9.80. The van der Waals surface area contributed by atoms with Crippen molar-refractivity contribution in [1.82, 2.24) is 19.5 Å². The number of benzene rings is 2. The molecule has 12 heteroatoms. The van der Waals surface area contributed by atoms with Crippen LogP contribution in [0.25, 0.3) is 11.2 Å². The van der Waals surface area contributed by atoms with Gasteiger partial charge in [-0.25, -0.2) is 19.2 Å². The molecule has 0 bridgehead atoms. The number of nitrogens with one attached hydrogen (secondary N) is 1. The number of piperidine rings is 1. The number of imidazole rings is 1. The Bertz CT molecular complexity index is 1620. The number of halogens is 4. The summed E-state index contributed by atoms with van der Waals surface area (Å²) >= 11 is 0. The SMILES string of the molecule is C[C@@H](Nc1nc(C(=O)O)nc2nc(N3CCCCC3c3ccc(F)cc3)n(Cc3ccc(C(F)(F)F)cc3)c12)C1CCC1. The summed E-state index contributed by atoms with van der Waals surface area (Å²) in [5, 5.41) is 13.2. The van der Waals surface area contributed by atoms with E-state index in [1.54, 1.807) is 12.1 Å². The predicted molar refractivity (Wildman–Crippen MR) is 154 cm³/mol. The van der Waals surface area contributed by atoms with Gasteiger partial charge in [0, 0.05) is 12.6 Å². The second kappa shape index (κ2) is 11.5. The first-order valence-corrected chi connectivity index (χ1v) is 14.5. The lowest BCUT2D eigenvalue weighted by Crippen LogP contribution is -2.35. The van der Waals surface area contributed by atoms with Crippen LogP contribution in [0.2, 0.25) is 0 Å². The maximum absolute atomic E-state index is 13.8. The molecule has 4 aromatic rings. The number of rotatable bonds is 8. The Hall–Kier alpha value is -4.22. The Labute approximate surface area is 245 Å². The Morgan fingerprint density at radius 3 is 2.35 bits per heavy atom. The van der Waals surface area contributed by atoms with Crippen LogP contribution in [-0.2, 0) is 12.7 Å². The van der Waals surface area contributed by atoms with Crippen molar-refractivity contribution in [2.24, 2.45) is 5.92 Å². The molecule has 43 heavy (non-hydrogen) atoms. The molecule has 1 aliphatic heterocycles. The highest BCUT2D eigenvalue weighted by atomic mass is 19.4. The summed E-state index contributed by atoms with van der Waals surface area (Å²) in [4.78, 5) is 27.6. The van der Waals surface area contributed by atoms with Gasteiger partial charge in [0.05, 0.1) is 18.2 Å². The van der Waals surface area contributed by atoms with Crippen molar-refractivity contribution in [2.45, 2.75) is 70.3 Å². The van der Waals surface area contributed by atoms with Crippen molar-refractivity contribution >= 4 is 28.9 Å². The van der Waals surface area contributed by atoms with Gasteiger partial charge in [-0.15, -0.1) is 0 Å². The van der Waals surface area contributed by atoms with Crippen molar-refractivity contribution in [3.8, 4) is 0 Å². The zero-order valence-electron chi connectivity index (χ0n) is 23.6. The molecule has 8 nitrogen and oxygen atoms in total. The standard InChI is InChI=1S/C31H32F4N6O2/c1-18(20-5-4-6-20)36-26-25-27(38-28(37-26)29(42)43)39-30(41(25)17-19-8-12-22(13-9-19)31(33,34)35)40-16-3-2-7-24(40)21-10-14-23(32)15-11-21/h8-15,18,20,24H,2-7,16-17H2,1H3,(H,42,43)(H,36,37,38)/t18-,24?/m1/s1. The molecule has 3 heterocycles. The molecule has 1 aliphatic carbocycles. The Kier molecular flexibility index (Phi) is 7.70. The van der Waals surface area contributed by atoms with E-state index in [-0.39, 0.29) is 30.1 Å². The van der Waals surface area contributed by atoms with Crippen molar-refractivity contribution in [3.05, 3.63) is 76.9 Å². The van der Waals surface area contributed by atoms with Gasteiger partial charge in [-0.2, -0.15) is 18.2 Å². The largest absolute Gasteiger partial charge is 0.475 e. The van der Waals surface area contributed by atoms with Crippen LogP contribution in [0.3, 0.4) is 0 Å². The molecule has 1 saturated heterocycles. The summed E-state index contributed by atoms with van der Waals surface area (Å²) in [6.07, 6.45) is 1.38. The second-order valence-electron chi connectivity index (χ2n) is 11.4. The topological polar surface area (TPSA) is 96.2 Å². The summed E-state index contributed by atoms with van der Waals surface area (Å²) in [6.45, 7) is 2.81. The summed E-state index contributed by atoms with van der Waals surface area (Å²) in [5.74, 6) is -0.789. The molecule has 0 spiro atoms. The van der Waals surface area contributed by atoms with Crippen LogP contribution in [0.4, 0.5) is 29.3 Å². The van der Waals surface area contributed by atoms with Crippen LogP contribution in [0.5, 0.6) is 0 Å². The maximum Gasteiger partial charge on any atom is 0.416 e. The monoisotopic (exact) mass is 596 g/mol. The maximum atomic E-state index is 13.8. The van der Waals surface area contributed by atoms with Crippen LogP contribution in [0.15, 0.2) is 48.5 Å². The molecule has 2 atom stereocenters. The highest BCUT2D eigenvalue weighted by Gasteiger charge is 2.33. The van der Waals surface area contributed by atoms with E-state index in [9.17, 15) is 27.5 Å². The van der Waals surface area contributed by atoms with Crippen LogP contribution in [0.1, 0.15) is 78.8 Å². The van der Waals surface area contributed by atoms with E-state index in [2.05, 4.69) is 20.2 Å². The van der Waals surface area contributed by atoms with Gasteiger partial charge in [0.25, 0.3) is 0 Å². The molecule has 2 N–H and O–H groups in total. The predicted octanol–water partition coefficient (Wildman–Crippen LogP) is 7.06. The lowest BCUT2D eigenvalue weighted by molar-refractivity contribution is -0.137. The number of anilines is 2. The lowest BCUT2D eigenvalue weighted by Gasteiger charge is -2.37. The molecule has 226 valence electrons. The van der Waals surface area contributed by atoms with Crippen LogP contribution < -0.4 is 10.2 Å². The van der Waals surface area contributed by atoms with Gasteiger partial charge in [0.1, 0.15) is 11.3 Å². The smallest absolute Gasteiger partial charge is 0.416 e. The van der Waals surface area contributed by atoms with E-state index in [0.717, 1.165) is 56.2 Å². The molecule has 2 aromatic carbocycles. The van der Waals surface area contributed by atoms with Gasteiger partial charge in [0.2, 0.25) is 11.8 Å². The Morgan fingerprint density at radius 2 is 1.72 bits per heavy atom. The number of carboxylic acids is 1. The van der Waals surface area contributed by atoms with Crippen molar-refractivity contribution in [1.29, 1.82) is 0 Å². The fourth-order valence-electron chi connectivity index (χ4n) is 6.05. The van der Waals surface area contributed by atoms with E-state index < -0.39 is 23.5 Å². The number of aromatic carboxylic acids is 1. The Morgan fingerprint density at radius 1 is 1.00 bits per heavy atom. The fraction of sp³-hybridized carbons (Fsp3) is 0.419. The highest BCUT2D eigenvalue weighted by Crippen LogP contribution is 2.39. The average molecular weight is 597 g/mol. The molecule has 2 fully saturated rings. The average Bonchev–Trinajstić information content (AvgIpc) is 3.30. The van der Waals surface area contributed by atoms with Crippen LogP contribution in [0, 0.1) is 11.7 Å². The minimum atomic E-state index is -4.46. The van der Waals surface area contributed by atoms with E-state index in [4.69, 9.17) is 4.98 Å². The minimum absolute atomic E-state index is 0.00770. The number of nitrogens with zero attached hydrogens (tertiary/aromatic N) is 5. The zero-order chi connectivity index (χ0) is 30.3. The number of hydrogen-bond donors (Lipinski definition) is 2. The number of aromatic nitrogens is 4. The van der Waals surface area contributed by atoms with Crippen molar-refractivity contribution in [2.75, 3.05) is 16.8 Å². The number of fused-ring (bicyclic) bond motifs is 1. The summed E-state index contributed by atoms with van der Waals surface area (Å²) < 4.78 is 55.6. The third-order valence-electron chi connectivity index (χ3n) is 8.63. The third kappa shape index (κ3) is 5.87. The first-order valence-electron chi connectivity index (χ1n) is 14.5. The van der Waals surface area contributed by atoms with E-state index in [0.29, 0.717) is 35.3 Å². The quantitative estimate of drug-likeness (QED) is 0.210. The molecule has 2 aliphatic rings. The van der Waals surface area contributed by atoms with Crippen LogP contribution in [-0.4, -0.2) is 43.2 Å². The van der Waals surface area contributed by atoms with E-state index in [1.807, 2.05) is 11.5 Å². The normalized spacial score (nSPS) is 18.4. The minimum Gasteiger partial charge on any atom is -0.475 e. The third-order valence-corrected chi connectivity index (χ3v) is 8.63. The highest BCUT2D eigenvalue weighted by molar-refractivity contribution is 5.92. The van der Waals surface area contributed by atoms with Gasteiger partial charge >= 0.3 is 12.1 Å². The summed E-state index contributed by atoms with van der Waals surface area (Å²) in [5.41, 5.74) is 1.42. The van der Waals surface area contributed by atoms with Gasteiger partial charge in [-0.05, 0) is 80.3 Å². The second-order valence-corrected chi connectivity index (χ2v) is 11.4. The van der Waals surface area contributed by atoms with Gasteiger partial charge < -0.3 is 19.9 Å². The number of alkyl halides is 3. The first kappa shape index (κ1) is 28.9. The van der Waals surface area contributed by atoms with Gasteiger partial charge in [-0.1, -0.05) is 30.7 Å². The number of carboxylic acid groups (broad SMARTS) is 1. The zero-order valence-corrected chi connectivity index (χ0v) is 23.6. The molecule has 6 rings (SSSR count). The van der Waals surface area contributed by atoms with Gasteiger partial charge in [0.15, 0.2) is 11.5 Å². The van der Waals surface area contributed by atoms with Crippen molar-refractivity contribution in [3.63, 3.8) is 0 Å². The molecule has 0 radical (unpaired) electrons. The number of carbonyl (C=O) groups is 1. The van der Waals surface area contributed by atoms with E-state index in [1.165, 1.54) is 24.3 Å². The molecule has 2 aromatic heterocycles. The molecular formula is C31H32F4N6O2. The molecule has 0 amide bonds. The summed E-state index contributed by atoms with van der Waals surface area (Å²) in [6, 6.07) is 11.2. The molecular weight excluding hydrogens is 564 g/mol. The molecule has 1 saturated carbocycles. The number of hydrogen-bond acceptors (Lipinski definition) is 6.